The first-order valence-electron chi connectivity index (χ1n) is 8.07. The summed E-state index contributed by atoms with van der Waals surface area (Å²) in [5, 5.41) is 0. The Bertz CT molecular complexity index is 896. The van der Waals surface area contributed by atoms with Gasteiger partial charge in [-0.25, -0.2) is 0 Å². The quantitative estimate of drug-likeness (QED) is 0.197. The molecule has 0 heterocycles. The topological polar surface area (TPSA) is 26.3 Å². The lowest BCUT2D eigenvalue weighted by molar-refractivity contribution is 0.104. The van der Waals surface area contributed by atoms with E-state index in [1.807, 2.05) is 78.9 Å². The second kappa shape index (κ2) is 9.32. The average molecular weight is 566 g/mol. The van der Waals surface area contributed by atoms with Crippen LogP contribution in [0.4, 0.5) is 0 Å². The minimum absolute atomic E-state index is 0.0000189. The molecule has 130 valence electrons. The molecular formula is C22H16I2O2. The van der Waals surface area contributed by atoms with Crippen molar-refractivity contribution in [2.75, 3.05) is 0 Å². The highest BCUT2D eigenvalue weighted by Gasteiger charge is 2.09. The number of hydrogen-bond acceptors (Lipinski definition) is 2. The number of carbonyl (C=O) groups is 1. The van der Waals surface area contributed by atoms with Crippen LogP contribution in [0.1, 0.15) is 21.5 Å². The zero-order valence-corrected chi connectivity index (χ0v) is 18.2. The van der Waals surface area contributed by atoms with Crippen molar-refractivity contribution in [1.29, 1.82) is 0 Å². The Hall–Kier alpha value is -1.67. The molecular weight excluding hydrogens is 550 g/mol. The standard InChI is InChI=1S/C22H16I2O2/c23-19-13-17(11-12-21(25)18-9-5-2-6-10-18)14-20(24)22(19)26-15-16-7-3-1-4-8-16/h1-14H,15H2/b12-11+. The molecule has 0 radical (unpaired) electrons. The Kier molecular flexibility index (Phi) is 6.85. The summed E-state index contributed by atoms with van der Waals surface area (Å²) >= 11 is 4.55. The first-order chi connectivity index (χ1) is 12.6. The zero-order valence-electron chi connectivity index (χ0n) is 13.9. The van der Waals surface area contributed by atoms with E-state index in [0.29, 0.717) is 12.2 Å². The third kappa shape index (κ3) is 5.17. The van der Waals surface area contributed by atoms with Crippen molar-refractivity contribution in [2.24, 2.45) is 0 Å². The predicted molar refractivity (Wildman–Crippen MR) is 122 cm³/mol. The molecule has 26 heavy (non-hydrogen) atoms. The highest BCUT2D eigenvalue weighted by atomic mass is 127. The van der Waals surface area contributed by atoms with Crippen molar-refractivity contribution in [3.63, 3.8) is 0 Å². The number of halogens is 2. The molecule has 0 saturated heterocycles. The summed E-state index contributed by atoms with van der Waals surface area (Å²) in [5.41, 5.74) is 2.81. The fourth-order valence-corrected chi connectivity index (χ4v) is 4.54. The van der Waals surface area contributed by atoms with Crippen LogP contribution < -0.4 is 4.74 Å². The van der Waals surface area contributed by atoms with Gasteiger partial charge in [0.1, 0.15) is 12.4 Å². The van der Waals surface area contributed by atoms with E-state index in [0.717, 1.165) is 24.0 Å². The summed E-state index contributed by atoms with van der Waals surface area (Å²) in [6.07, 6.45) is 3.46. The molecule has 0 bridgehead atoms. The molecule has 3 aromatic rings. The second-order valence-electron chi connectivity index (χ2n) is 5.65. The molecule has 0 aromatic heterocycles. The second-order valence-corrected chi connectivity index (χ2v) is 7.98. The van der Waals surface area contributed by atoms with Gasteiger partial charge < -0.3 is 4.74 Å². The van der Waals surface area contributed by atoms with Crippen molar-refractivity contribution < 1.29 is 9.53 Å². The van der Waals surface area contributed by atoms with Gasteiger partial charge in [0.2, 0.25) is 0 Å². The lowest BCUT2D eigenvalue weighted by Crippen LogP contribution is -1.99. The third-order valence-corrected chi connectivity index (χ3v) is 5.33. The Balaban J connectivity index is 1.72. The summed E-state index contributed by atoms with van der Waals surface area (Å²) in [4.78, 5) is 12.2. The lowest BCUT2D eigenvalue weighted by atomic mass is 10.1. The Morgan fingerprint density at radius 3 is 2.08 bits per heavy atom. The fourth-order valence-electron chi connectivity index (χ4n) is 2.41. The highest BCUT2D eigenvalue weighted by molar-refractivity contribution is 14.1. The number of ether oxygens (including phenoxy) is 1. The normalized spacial score (nSPS) is 10.8. The van der Waals surface area contributed by atoms with Gasteiger partial charge in [0, 0.05) is 5.56 Å². The van der Waals surface area contributed by atoms with Crippen LogP contribution in [0.15, 0.2) is 78.9 Å². The molecule has 0 unspecified atom stereocenters. The first kappa shape index (κ1) is 19.1. The van der Waals surface area contributed by atoms with Crippen molar-refractivity contribution in [3.05, 3.63) is 103 Å². The largest absolute Gasteiger partial charge is 0.487 e. The van der Waals surface area contributed by atoms with Crippen LogP contribution in [0, 0.1) is 7.14 Å². The summed E-state index contributed by atoms with van der Waals surface area (Å²) in [6, 6.07) is 23.4. The Morgan fingerprint density at radius 1 is 0.885 bits per heavy atom. The summed E-state index contributed by atoms with van der Waals surface area (Å²) in [6.45, 7) is 0.536. The molecule has 0 aliphatic rings. The van der Waals surface area contributed by atoms with E-state index in [2.05, 4.69) is 45.2 Å². The maximum Gasteiger partial charge on any atom is 0.185 e. The van der Waals surface area contributed by atoms with E-state index in [-0.39, 0.29) is 5.78 Å². The van der Waals surface area contributed by atoms with E-state index in [9.17, 15) is 4.79 Å². The molecule has 0 fully saturated rings. The molecule has 0 spiro atoms. The molecule has 0 aliphatic heterocycles. The first-order valence-corrected chi connectivity index (χ1v) is 10.2. The number of carbonyl (C=O) groups excluding carboxylic acids is 1. The van der Waals surface area contributed by atoms with Gasteiger partial charge in [-0.15, -0.1) is 0 Å². The smallest absolute Gasteiger partial charge is 0.185 e. The van der Waals surface area contributed by atoms with Crippen LogP contribution in [0.25, 0.3) is 6.08 Å². The van der Waals surface area contributed by atoms with Crippen molar-refractivity contribution in [2.45, 2.75) is 6.61 Å². The third-order valence-electron chi connectivity index (χ3n) is 3.73. The van der Waals surface area contributed by atoms with E-state index in [4.69, 9.17) is 4.74 Å². The predicted octanol–water partition coefficient (Wildman–Crippen LogP) is 6.37. The number of ketones is 1. The molecule has 0 atom stereocenters. The van der Waals surface area contributed by atoms with E-state index in [1.165, 1.54) is 0 Å². The highest BCUT2D eigenvalue weighted by Crippen LogP contribution is 2.30. The van der Waals surface area contributed by atoms with Gasteiger partial charge in [-0.05, 0) is 74.5 Å². The van der Waals surface area contributed by atoms with Crippen LogP contribution >= 0.6 is 45.2 Å². The summed E-state index contributed by atoms with van der Waals surface area (Å²) < 4.78 is 8.05. The van der Waals surface area contributed by atoms with Gasteiger partial charge in [0.25, 0.3) is 0 Å². The molecule has 0 N–H and O–H groups in total. The molecule has 0 amide bonds. The van der Waals surface area contributed by atoms with Gasteiger partial charge in [0.15, 0.2) is 5.78 Å². The van der Waals surface area contributed by atoms with E-state index < -0.39 is 0 Å². The minimum Gasteiger partial charge on any atom is -0.487 e. The average Bonchev–Trinajstić information content (AvgIpc) is 2.67. The van der Waals surface area contributed by atoms with Crippen LogP contribution in [-0.2, 0) is 6.61 Å². The van der Waals surface area contributed by atoms with E-state index >= 15 is 0 Å². The molecule has 2 nitrogen and oxygen atoms in total. The van der Waals surface area contributed by atoms with Gasteiger partial charge in [-0.3, -0.25) is 4.79 Å². The van der Waals surface area contributed by atoms with Crippen molar-refractivity contribution >= 4 is 57.0 Å². The molecule has 0 aliphatic carbocycles. The minimum atomic E-state index is 0.0000189. The molecule has 4 heteroatoms. The van der Waals surface area contributed by atoms with Crippen LogP contribution in [-0.4, -0.2) is 5.78 Å². The van der Waals surface area contributed by atoms with Crippen LogP contribution in [0.2, 0.25) is 0 Å². The number of hydrogen-bond donors (Lipinski definition) is 0. The maximum atomic E-state index is 12.2. The molecule has 0 saturated carbocycles. The molecule has 3 rings (SSSR count). The Morgan fingerprint density at radius 2 is 1.46 bits per heavy atom. The van der Waals surface area contributed by atoms with Gasteiger partial charge in [-0.1, -0.05) is 66.7 Å². The summed E-state index contributed by atoms with van der Waals surface area (Å²) in [7, 11) is 0. The van der Waals surface area contributed by atoms with Crippen molar-refractivity contribution in [3.8, 4) is 5.75 Å². The van der Waals surface area contributed by atoms with Gasteiger partial charge >= 0.3 is 0 Å². The molecule has 3 aromatic carbocycles. The van der Waals surface area contributed by atoms with Crippen LogP contribution in [0.3, 0.4) is 0 Å². The maximum absolute atomic E-state index is 12.2. The van der Waals surface area contributed by atoms with Crippen LogP contribution in [0.5, 0.6) is 5.75 Å². The SMILES string of the molecule is O=C(/C=C/c1cc(I)c(OCc2ccccc2)c(I)c1)c1ccccc1. The monoisotopic (exact) mass is 566 g/mol. The Labute approximate surface area is 180 Å². The number of allylic oxidation sites excluding steroid dienone is 1. The fraction of sp³-hybridized carbons (Fsp3) is 0.0455. The number of rotatable bonds is 6. The van der Waals surface area contributed by atoms with Gasteiger partial charge in [0.05, 0.1) is 7.14 Å². The van der Waals surface area contributed by atoms with Crippen molar-refractivity contribution in [1.82, 2.24) is 0 Å². The summed E-state index contributed by atoms with van der Waals surface area (Å²) in [5.74, 6) is 0.876. The zero-order chi connectivity index (χ0) is 18.4. The van der Waals surface area contributed by atoms with Gasteiger partial charge in [-0.2, -0.15) is 0 Å². The number of benzene rings is 3. The van der Waals surface area contributed by atoms with E-state index in [1.54, 1.807) is 6.08 Å². The lowest BCUT2D eigenvalue weighted by Gasteiger charge is -2.11.